The molecule has 1 atom stereocenters. The quantitative estimate of drug-likeness (QED) is 0.506. The van der Waals surface area contributed by atoms with E-state index in [1.54, 1.807) is 31.2 Å². The van der Waals surface area contributed by atoms with E-state index in [-0.39, 0.29) is 23.3 Å². The lowest BCUT2D eigenvalue weighted by Gasteiger charge is -2.12. The number of amides is 1. The highest BCUT2D eigenvalue weighted by atomic mass is 19.1. The summed E-state index contributed by atoms with van der Waals surface area (Å²) in [7, 11) is 0. The molecule has 0 unspecified atom stereocenters. The van der Waals surface area contributed by atoms with Crippen molar-refractivity contribution in [3.63, 3.8) is 0 Å². The zero-order valence-electron chi connectivity index (χ0n) is 15.8. The van der Waals surface area contributed by atoms with Crippen LogP contribution in [0.25, 0.3) is 17.5 Å². The van der Waals surface area contributed by atoms with E-state index in [2.05, 4.69) is 15.5 Å². The van der Waals surface area contributed by atoms with Crippen LogP contribution in [-0.4, -0.2) is 22.1 Å². The van der Waals surface area contributed by atoms with Gasteiger partial charge >= 0.3 is 5.97 Å². The molecule has 1 aromatic heterocycles. The number of carbonyl (C=O) groups is 2. The van der Waals surface area contributed by atoms with Gasteiger partial charge in [0.15, 0.2) is 6.10 Å². The van der Waals surface area contributed by atoms with Gasteiger partial charge < -0.3 is 14.5 Å². The topological polar surface area (TPSA) is 94.3 Å². The molecule has 3 aromatic rings. The number of carbonyl (C=O) groups excluding carboxylic acids is 2. The Morgan fingerprint density at radius 1 is 1.10 bits per heavy atom. The smallest absolute Gasteiger partial charge is 0.355 e. The van der Waals surface area contributed by atoms with E-state index >= 15 is 0 Å². The van der Waals surface area contributed by atoms with Gasteiger partial charge in [0.25, 0.3) is 5.89 Å². The molecule has 2 aromatic carbocycles. The Morgan fingerprint density at radius 2 is 1.79 bits per heavy atom. The Kier molecular flexibility index (Phi) is 6.13. The van der Waals surface area contributed by atoms with Crippen molar-refractivity contribution in [2.24, 2.45) is 0 Å². The van der Waals surface area contributed by atoms with Crippen molar-refractivity contribution in [1.29, 1.82) is 0 Å². The monoisotopic (exact) mass is 395 g/mol. The van der Waals surface area contributed by atoms with Crippen LogP contribution in [0.1, 0.15) is 31.4 Å². The summed E-state index contributed by atoms with van der Waals surface area (Å²) in [5, 5.41) is 10.2. The largest absolute Gasteiger partial charge is 0.448 e. The van der Waals surface area contributed by atoms with Gasteiger partial charge in [0.2, 0.25) is 11.8 Å². The number of halogens is 1. The molecule has 1 amide bonds. The molecule has 0 saturated carbocycles. The van der Waals surface area contributed by atoms with Crippen molar-refractivity contribution in [2.45, 2.75) is 20.0 Å². The molecule has 0 aliphatic carbocycles. The molecule has 0 radical (unpaired) electrons. The van der Waals surface area contributed by atoms with E-state index in [0.717, 1.165) is 5.56 Å². The van der Waals surface area contributed by atoms with Crippen LogP contribution in [0.15, 0.2) is 64.7 Å². The van der Waals surface area contributed by atoms with Gasteiger partial charge in [0.05, 0.1) is 0 Å². The number of nitrogens with one attached hydrogen (secondary N) is 1. The van der Waals surface area contributed by atoms with Gasteiger partial charge in [0, 0.05) is 12.5 Å². The summed E-state index contributed by atoms with van der Waals surface area (Å²) in [6.45, 7) is 2.86. The van der Waals surface area contributed by atoms with Crippen molar-refractivity contribution < 1.29 is 23.1 Å². The fourth-order valence-corrected chi connectivity index (χ4v) is 2.43. The lowest BCUT2D eigenvalue weighted by atomic mass is 10.2. The van der Waals surface area contributed by atoms with Crippen LogP contribution in [0.4, 0.5) is 4.39 Å². The number of rotatable bonds is 6. The molecule has 0 fully saturated rings. The lowest BCUT2D eigenvalue weighted by Crippen LogP contribution is -2.27. The molecular formula is C21H18FN3O4. The molecule has 0 aliphatic rings. The van der Waals surface area contributed by atoms with Crippen LogP contribution in [0, 0.1) is 5.82 Å². The molecule has 0 aliphatic heterocycles. The Bertz CT molecular complexity index is 1030. The van der Waals surface area contributed by atoms with Crippen LogP contribution in [-0.2, 0) is 14.3 Å². The summed E-state index contributed by atoms with van der Waals surface area (Å²) in [6, 6.07) is 14.6. The third kappa shape index (κ3) is 5.35. The average molecular weight is 395 g/mol. The highest BCUT2D eigenvalue weighted by molar-refractivity contribution is 5.97. The first-order chi connectivity index (χ1) is 13.9. The van der Waals surface area contributed by atoms with Crippen LogP contribution in [0.3, 0.4) is 0 Å². The first-order valence-corrected chi connectivity index (χ1v) is 8.77. The zero-order valence-corrected chi connectivity index (χ0v) is 15.8. The van der Waals surface area contributed by atoms with Crippen LogP contribution < -0.4 is 5.32 Å². The fourth-order valence-electron chi connectivity index (χ4n) is 2.43. The summed E-state index contributed by atoms with van der Waals surface area (Å²) < 4.78 is 23.9. The summed E-state index contributed by atoms with van der Waals surface area (Å²) in [5.41, 5.74) is 1.23. The minimum Gasteiger partial charge on any atom is -0.448 e. The van der Waals surface area contributed by atoms with Gasteiger partial charge in [-0.1, -0.05) is 30.3 Å². The number of aromatic nitrogens is 2. The van der Waals surface area contributed by atoms with Gasteiger partial charge in [-0.25, -0.2) is 9.18 Å². The second-order valence-corrected chi connectivity index (χ2v) is 6.15. The normalized spacial score (nSPS) is 12.3. The van der Waals surface area contributed by atoms with Gasteiger partial charge in [0.1, 0.15) is 11.5 Å². The van der Waals surface area contributed by atoms with Gasteiger partial charge in [-0.2, -0.15) is 0 Å². The van der Waals surface area contributed by atoms with Crippen molar-refractivity contribution >= 4 is 18.0 Å². The Morgan fingerprint density at radius 3 is 2.45 bits per heavy atom. The van der Waals surface area contributed by atoms with Crippen molar-refractivity contribution in [3.05, 3.63) is 77.6 Å². The summed E-state index contributed by atoms with van der Waals surface area (Å²) in [5.74, 6) is -1.30. The molecule has 0 spiro atoms. The zero-order chi connectivity index (χ0) is 20.8. The summed E-state index contributed by atoms with van der Waals surface area (Å²) in [4.78, 5) is 24.0. The van der Waals surface area contributed by atoms with Crippen LogP contribution in [0.5, 0.6) is 0 Å². The maximum atomic E-state index is 13.0. The van der Waals surface area contributed by atoms with E-state index in [0.29, 0.717) is 5.56 Å². The third-order valence-electron chi connectivity index (χ3n) is 3.80. The number of hydrogen-bond acceptors (Lipinski definition) is 6. The van der Waals surface area contributed by atoms with Crippen molar-refractivity contribution in [1.82, 2.24) is 15.5 Å². The summed E-state index contributed by atoms with van der Waals surface area (Å²) in [6.07, 6.45) is 0.644. The van der Waals surface area contributed by atoms with Gasteiger partial charge in [-0.05, 0) is 42.8 Å². The molecule has 0 saturated heterocycles. The minimum absolute atomic E-state index is 0.0196. The minimum atomic E-state index is -0.864. The first-order valence-electron chi connectivity index (χ1n) is 8.77. The predicted octanol–water partition coefficient (Wildman–Crippen LogP) is 3.66. The van der Waals surface area contributed by atoms with Crippen LogP contribution in [0.2, 0.25) is 0 Å². The number of benzene rings is 2. The first kappa shape index (κ1) is 19.9. The number of nitrogens with zero attached hydrogens (tertiary/aromatic N) is 2. The average Bonchev–Trinajstić information content (AvgIpc) is 3.19. The van der Waals surface area contributed by atoms with Crippen molar-refractivity contribution in [2.75, 3.05) is 0 Å². The SMILES string of the molecule is CC(=O)N/C(=C\c1ccccc1)C(=O)O[C@H](C)c1nnc(-c2ccc(F)cc2)o1. The fraction of sp³-hybridized carbons (Fsp3) is 0.143. The van der Waals surface area contributed by atoms with E-state index in [1.807, 2.05) is 6.07 Å². The van der Waals surface area contributed by atoms with Crippen molar-refractivity contribution in [3.8, 4) is 11.5 Å². The number of ether oxygens (including phenoxy) is 1. The van der Waals surface area contributed by atoms with E-state index < -0.39 is 18.0 Å². The third-order valence-corrected chi connectivity index (χ3v) is 3.80. The molecule has 8 heteroatoms. The standard InChI is InChI=1S/C21H18FN3O4/c1-13(19-24-25-20(29-19)16-8-10-17(22)11-9-16)28-21(27)18(23-14(2)26)12-15-6-4-3-5-7-15/h3-13H,1-2H3,(H,23,26)/b18-12-/t13-/m1/s1. The highest BCUT2D eigenvalue weighted by Crippen LogP contribution is 2.23. The Hall–Kier alpha value is -3.81. The van der Waals surface area contributed by atoms with Gasteiger partial charge in [-0.3, -0.25) is 4.79 Å². The number of esters is 1. The Labute approximate surface area is 166 Å². The molecule has 7 nitrogen and oxygen atoms in total. The molecule has 1 heterocycles. The molecule has 3 rings (SSSR count). The lowest BCUT2D eigenvalue weighted by molar-refractivity contribution is -0.146. The second-order valence-electron chi connectivity index (χ2n) is 6.15. The van der Waals surface area contributed by atoms with Crippen LogP contribution >= 0.6 is 0 Å². The number of hydrogen-bond donors (Lipinski definition) is 1. The highest BCUT2D eigenvalue weighted by Gasteiger charge is 2.22. The maximum absolute atomic E-state index is 13.0. The molecule has 1 N–H and O–H groups in total. The second kappa shape index (κ2) is 8.92. The predicted molar refractivity (Wildman–Crippen MR) is 102 cm³/mol. The van der Waals surface area contributed by atoms with E-state index in [9.17, 15) is 14.0 Å². The molecular weight excluding hydrogens is 377 g/mol. The maximum Gasteiger partial charge on any atom is 0.355 e. The van der Waals surface area contributed by atoms with E-state index in [1.165, 1.54) is 37.3 Å². The van der Waals surface area contributed by atoms with Gasteiger partial charge in [-0.15, -0.1) is 10.2 Å². The molecule has 29 heavy (non-hydrogen) atoms. The van der Waals surface area contributed by atoms with E-state index in [4.69, 9.17) is 9.15 Å². The Balaban J connectivity index is 1.75. The molecule has 148 valence electrons. The summed E-state index contributed by atoms with van der Waals surface area (Å²) >= 11 is 0. The molecule has 0 bridgehead atoms.